The Morgan fingerprint density at radius 2 is 1.84 bits per heavy atom. The Balaban J connectivity index is 4.51. The van der Waals surface area contributed by atoms with Gasteiger partial charge in [0.2, 0.25) is 5.91 Å². The molecule has 0 bridgehead atoms. The van der Waals surface area contributed by atoms with E-state index in [0.29, 0.717) is 0 Å². The number of phosphoric acid groups is 1. The van der Waals surface area contributed by atoms with Gasteiger partial charge in [0.1, 0.15) is 30.6 Å². The fourth-order valence-corrected chi connectivity index (χ4v) is 1.49. The van der Waals surface area contributed by atoms with Crippen molar-refractivity contribution < 1.29 is 43.8 Å². The topological polar surface area (TPSA) is 174 Å². The van der Waals surface area contributed by atoms with Crippen LogP contribution in [-0.4, -0.2) is 68.3 Å². The standard InChI is InChI=1S/C8H16NO9P/c1-4(11)9-5(2-10)7(13)8(14)6(12)3-18-19(15,16)17/h2,5-8,12-14H,3H2,1H3,(H,9,11)(H2,15,16,17)/t5-,6+,7+,8-/m0/s1. The maximum absolute atomic E-state index is 10.7. The molecule has 0 aliphatic carbocycles. The van der Waals surface area contributed by atoms with E-state index in [1.165, 1.54) is 0 Å². The molecule has 0 unspecified atom stereocenters. The van der Waals surface area contributed by atoms with E-state index in [1.54, 1.807) is 0 Å². The summed E-state index contributed by atoms with van der Waals surface area (Å²) in [5.41, 5.74) is 0. The van der Waals surface area contributed by atoms with Crippen LogP contribution in [0.2, 0.25) is 0 Å². The summed E-state index contributed by atoms with van der Waals surface area (Å²) in [5.74, 6) is -0.649. The third-order valence-corrected chi connectivity index (χ3v) is 2.53. The maximum Gasteiger partial charge on any atom is 0.469 e. The molecule has 0 aromatic heterocycles. The van der Waals surface area contributed by atoms with Crippen molar-refractivity contribution in [3.8, 4) is 0 Å². The van der Waals surface area contributed by atoms with Crippen LogP contribution in [0.5, 0.6) is 0 Å². The van der Waals surface area contributed by atoms with Crippen LogP contribution >= 0.6 is 7.82 Å². The molecule has 0 saturated carbocycles. The highest BCUT2D eigenvalue weighted by atomic mass is 31.2. The zero-order valence-electron chi connectivity index (χ0n) is 9.91. The van der Waals surface area contributed by atoms with Gasteiger partial charge in [0.25, 0.3) is 0 Å². The molecule has 0 aliphatic rings. The molecule has 11 heteroatoms. The molecule has 112 valence electrons. The Morgan fingerprint density at radius 1 is 1.32 bits per heavy atom. The van der Waals surface area contributed by atoms with Gasteiger partial charge in [-0.05, 0) is 0 Å². The number of carbonyl (C=O) groups excluding carboxylic acids is 2. The number of rotatable bonds is 8. The number of aliphatic hydroxyl groups is 3. The van der Waals surface area contributed by atoms with E-state index < -0.39 is 44.7 Å². The third kappa shape index (κ3) is 7.33. The molecule has 0 spiro atoms. The fourth-order valence-electron chi connectivity index (χ4n) is 1.15. The summed E-state index contributed by atoms with van der Waals surface area (Å²) in [4.78, 5) is 38.1. The molecule has 0 aromatic rings. The molecule has 0 aromatic carbocycles. The Morgan fingerprint density at radius 3 is 2.21 bits per heavy atom. The minimum atomic E-state index is -4.83. The first-order valence-corrected chi connectivity index (χ1v) is 6.58. The molecule has 0 fully saturated rings. The highest BCUT2D eigenvalue weighted by Gasteiger charge is 2.33. The Hall–Kier alpha value is -0.870. The molecule has 4 atom stereocenters. The number of amides is 1. The van der Waals surface area contributed by atoms with Crippen molar-refractivity contribution in [2.24, 2.45) is 0 Å². The van der Waals surface area contributed by atoms with Crippen molar-refractivity contribution in [3.05, 3.63) is 0 Å². The summed E-state index contributed by atoms with van der Waals surface area (Å²) in [6.45, 7) is 0.108. The van der Waals surface area contributed by atoms with Gasteiger partial charge in [0.15, 0.2) is 0 Å². The molecule has 19 heavy (non-hydrogen) atoms. The highest BCUT2D eigenvalue weighted by Crippen LogP contribution is 2.35. The lowest BCUT2D eigenvalue weighted by molar-refractivity contribution is -0.129. The monoisotopic (exact) mass is 301 g/mol. The average Bonchev–Trinajstić information content (AvgIpc) is 2.29. The Kier molecular flexibility index (Phi) is 7.30. The second-order valence-electron chi connectivity index (χ2n) is 3.70. The first-order valence-electron chi connectivity index (χ1n) is 5.05. The lowest BCUT2D eigenvalue weighted by atomic mass is 10.0. The summed E-state index contributed by atoms with van der Waals surface area (Å²) < 4.78 is 14.3. The number of carbonyl (C=O) groups is 2. The van der Waals surface area contributed by atoms with Crippen molar-refractivity contribution >= 4 is 20.0 Å². The van der Waals surface area contributed by atoms with Crippen molar-refractivity contribution in [3.63, 3.8) is 0 Å². The first kappa shape index (κ1) is 18.1. The summed E-state index contributed by atoms with van der Waals surface area (Å²) >= 11 is 0. The molecular weight excluding hydrogens is 285 g/mol. The van der Waals surface area contributed by atoms with Crippen LogP contribution in [0, 0.1) is 0 Å². The van der Waals surface area contributed by atoms with Crippen molar-refractivity contribution in [1.82, 2.24) is 5.32 Å². The van der Waals surface area contributed by atoms with Crippen LogP contribution in [0.15, 0.2) is 0 Å². The predicted octanol–water partition coefficient (Wildman–Crippen LogP) is -3.12. The van der Waals surface area contributed by atoms with Gasteiger partial charge in [-0.2, -0.15) is 0 Å². The summed E-state index contributed by atoms with van der Waals surface area (Å²) in [6.07, 6.45) is -5.53. The van der Waals surface area contributed by atoms with E-state index in [-0.39, 0.29) is 6.29 Å². The van der Waals surface area contributed by atoms with E-state index in [9.17, 15) is 29.5 Å². The molecule has 1 amide bonds. The van der Waals surface area contributed by atoms with Gasteiger partial charge in [0, 0.05) is 6.92 Å². The average molecular weight is 301 g/mol. The number of aldehydes is 1. The maximum atomic E-state index is 10.7. The van der Waals surface area contributed by atoms with Gasteiger partial charge in [-0.3, -0.25) is 9.32 Å². The van der Waals surface area contributed by atoms with Crippen LogP contribution < -0.4 is 5.32 Å². The Bertz CT molecular complexity index is 356. The lowest BCUT2D eigenvalue weighted by Gasteiger charge is -2.26. The number of hydrogen-bond acceptors (Lipinski definition) is 7. The molecule has 0 radical (unpaired) electrons. The van der Waals surface area contributed by atoms with Crippen LogP contribution in [0.25, 0.3) is 0 Å². The molecule has 0 aliphatic heterocycles. The van der Waals surface area contributed by atoms with Gasteiger partial charge < -0.3 is 35.2 Å². The largest absolute Gasteiger partial charge is 0.469 e. The smallest absolute Gasteiger partial charge is 0.388 e. The minimum absolute atomic E-state index is 0.145. The van der Waals surface area contributed by atoms with E-state index in [4.69, 9.17) is 9.79 Å². The van der Waals surface area contributed by atoms with Crippen LogP contribution in [0.1, 0.15) is 6.92 Å². The van der Waals surface area contributed by atoms with E-state index in [0.717, 1.165) is 6.92 Å². The molecule has 0 saturated heterocycles. The molecule has 10 nitrogen and oxygen atoms in total. The Labute approximate surface area is 108 Å². The quantitative estimate of drug-likeness (QED) is 0.200. The van der Waals surface area contributed by atoms with Crippen LogP contribution in [-0.2, 0) is 18.7 Å². The van der Waals surface area contributed by atoms with Crippen molar-refractivity contribution in [2.45, 2.75) is 31.3 Å². The number of phosphoric ester groups is 1. The summed E-state index contributed by atoms with van der Waals surface area (Å²) in [7, 11) is -4.83. The van der Waals surface area contributed by atoms with Gasteiger partial charge >= 0.3 is 7.82 Å². The second kappa shape index (κ2) is 7.65. The minimum Gasteiger partial charge on any atom is -0.388 e. The SMILES string of the molecule is CC(=O)N[C@@H](C=O)[C@@H](O)[C@@H](O)[C@H](O)COP(=O)(O)O. The summed E-state index contributed by atoms with van der Waals surface area (Å²) in [6, 6.07) is -1.47. The lowest BCUT2D eigenvalue weighted by Crippen LogP contribution is -2.53. The molecule has 6 N–H and O–H groups in total. The molecular formula is C8H16NO9P. The number of aliphatic hydroxyl groups excluding tert-OH is 3. The van der Waals surface area contributed by atoms with Crippen molar-refractivity contribution in [1.29, 1.82) is 0 Å². The highest BCUT2D eigenvalue weighted by molar-refractivity contribution is 7.46. The second-order valence-corrected chi connectivity index (χ2v) is 4.94. The van der Waals surface area contributed by atoms with Crippen LogP contribution in [0.4, 0.5) is 0 Å². The van der Waals surface area contributed by atoms with Gasteiger partial charge in [-0.1, -0.05) is 0 Å². The zero-order chi connectivity index (χ0) is 15.2. The zero-order valence-corrected chi connectivity index (χ0v) is 10.8. The fraction of sp³-hybridized carbons (Fsp3) is 0.750. The van der Waals surface area contributed by atoms with Crippen LogP contribution in [0.3, 0.4) is 0 Å². The van der Waals surface area contributed by atoms with E-state index >= 15 is 0 Å². The van der Waals surface area contributed by atoms with Crippen molar-refractivity contribution in [2.75, 3.05) is 6.61 Å². The van der Waals surface area contributed by atoms with E-state index in [2.05, 4.69) is 4.52 Å². The first-order chi connectivity index (χ1) is 8.58. The van der Waals surface area contributed by atoms with Gasteiger partial charge in [-0.15, -0.1) is 0 Å². The third-order valence-electron chi connectivity index (χ3n) is 2.04. The number of hydrogen-bond donors (Lipinski definition) is 6. The molecule has 0 heterocycles. The number of nitrogens with one attached hydrogen (secondary N) is 1. The summed E-state index contributed by atoms with van der Waals surface area (Å²) in [5, 5.41) is 30.3. The predicted molar refractivity (Wildman–Crippen MR) is 59.7 cm³/mol. The van der Waals surface area contributed by atoms with Gasteiger partial charge in [-0.25, -0.2) is 4.57 Å². The molecule has 0 rings (SSSR count). The normalized spacial score (nSPS) is 18.2. The van der Waals surface area contributed by atoms with E-state index in [1.807, 2.05) is 5.32 Å². The van der Waals surface area contributed by atoms with Gasteiger partial charge in [0.05, 0.1) is 6.61 Å².